The number of pyridine rings is 1. The van der Waals surface area contributed by atoms with Crippen molar-refractivity contribution in [3.63, 3.8) is 0 Å². The number of benzene rings is 2. The second-order valence-corrected chi connectivity index (χ2v) is 7.19. The van der Waals surface area contributed by atoms with Gasteiger partial charge in [-0.2, -0.15) is 0 Å². The Bertz CT molecular complexity index is 932. The van der Waals surface area contributed by atoms with E-state index in [0.29, 0.717) is 17.3 Å². The van der Waals surface area contributed by atoms with E-state index in [9.17, 15) is 4.79 Å². The van der Waals surface area contributed by atoms with Crippen LogP contribution >= 0.6 is 0 Å². The molecule has 0 aliphatic rings. The van der Waals surface area contributed by atoms with Crippen LogP contribution in [-0.4, -0.2) is 25.0 Å². The van der Waals surface area contributed by atoms with Gasteiger partial charge in [0.15, 0.2) is 0 Å². The summed E-state index contributed by atoms with van der Waals surface area (Å²) in [7, 11) is 3.96. The Morgan fingerprint density at radius 3 is 2.29 bits per heavy atom. The molecule has 0 atom stereocenters. The fourth-order valence-electron chi connectivity index (χ4n) is 2.90. The summed E-state index contributed by atoms with van der Waals surface area (Å²) in [6.45, 7) is 4.32. The second kappa shape index (κ2) is 8.57. The highest BCUT2D eigenvalue weighted by atomic mass is 16.1. The van der Waals surface area contributed by atoms with Crippen molar-refractivity contribution in [1.29, 1.82) is 0 Å². The fourth-order valence-corrected chi connectivity index (χ4v) is 2.90. The maximum absolute atomic E-state index is 12.5. The van der Waals surface area contributed by atoms with Gasteiger partial charge in [-0.05, 0) is 53.9 Å². The molecule has 0 aliphatic heterocycles. The fraction of sp³-hybridized carbons (Fsp3) is 0.217. The van der Waals surface area contributed by atoms with Crippen LogP contribution in [0.25, 0.3) is 0 Å². The van der Waals surface area contributed by atoms with Crippen molar-refractivity contribution in [2.45, 2.75) is 19.8 Å². The molecule has 0 bridgehead atoms. The van der Waals surface area contributed by atoms with Crippen LogP contribution in [0.5, 0.6) is 0 Å². The predicted octanol–water partition coefficient (Wildman–Crippen LogP) is 5.27. The Hall–Kier alpha value is -3.34. The lowest BCUT2D eigenvalue weighted by molar-refractivity contribution is 0.102. The first-order chi connectivity index (χ1) is 13.4. The molecule has 0 radical (unpaired) electrons. The van der Waals surface area contributed by atoms with Gasteiger partial charge in [-0.25, -0.2) is 4.98 Å². The molecule has 1 aromatic heterocycles. The molecule has 5 heteroatoms. The van der Waals surface area contributed by atoms with Crippen molar-refractivity contribution in [3.8, 4) is 0 Å². The zero-order valence-corrected chi connectivity index (χ0v) is 16.7. The molecule has 1 amide bonds. The minimum Gasteiger partial charge on any atom is -0.378 e. The SMILES string of the molecule is CC(C)c1ccccc1Nc1ccc(C(=O)Nc2ccc(N(C)C)cc2)cn1. The average Bonchev–Trinajstić information content (AvgIpc) is 2.69. The van der Waals surface area contributed by atoms with Gasteiger partial charge in [0.2, 0.25) is 0 Å². The molecule has 0 fully saturated rings. The number of anilines is 4. The van der Waals surface area contributed by atoms with Crippen LogP contribution in [0.15, 0.2) is 66.9 Å². The lowest BCUT2D eigenvalue weighted by Gasteiger charge is -2.14. The molecule has 0 aliphatic carbocycles. The van der Waals surface area contributed by atoms with Crippen LogP contribution in [-0.2, 0) is 0 Å². The molecule has 0 spiro atoms. The number of carbonyl (C=O) groups is 1. The number of hydrogen-bond acceptors (Lipinski definition) is 4. The maximum atomic E-state index is 12.5. The summed E-state index contributed by atoms with van der Waals surface area (Å²) in [6.07, 6.45) is 1.59. The van der Waals surface area contributed by atoms with Gasteiger partial charge in [0.25, 0.3) is 5.91 Å². The van der Waals surface area contributed by atoms with E-state index in [2.05, 4.69) is 35.5 Å². The minimum absolute atomic E-state index is 0.181. The predicted molar refractivity (Wildman–Crippen MR) is 117 cm³/mol. The van der Waals surface area contributed by atoms with E-state index < -0.39 is 0 Å². The van der Waals surface area contributed by atoms with Crippen molar-refractivity contribution in [1.82, 2.24) is 4.98 Å². The summed E-state index contributed by atoms with van der Waals surface area (Å²) in [5.74, 6) is 0.937. The van der Waals surface area contributed by atoms with Crippen molar-refractivity contribution in [2.24, 2.45) is 0 Å². The second-order valence-electron chi connectivity index (χ2n) is 7.19. The number of para-hydroxylation sites is 1. The van der Waals surface area contributed by atoms with Crippen LogP contribution in [0, 0.1) is 0 Å². The number of hydrogen-bond donors (Lipinski definition) is 2. The number of nitrogens with one attached hydrogen (secondary N) is 2. The zero-order valence-electron chi connectivity index (χ0n) is 16.7. The van der Waals surface area contributed by atoms with Crippen molar-refractivity contribution >= 4 is 28.8 Å². The monoisotopic (exact) mass is 374 g/mol. The summed E-state index contributed by atoms with van der Waals surface area (Å²) in [4.78, 5) is 18.9. The number of rotatable bonds is 6. The normalized spacial score (nSPS) is 10.6. The van der Waals surface area contributed by atoms with Crippen molar-refractivity contribution < 1.29 is 4.79 Å². The summed E-state index contributed by atoms with van der Waals surface area (Å²) >= 11 is 0. The lowest BCUT2D eigenvalue weighted by Crippen LogP contribution is -2.13. The van der Waals surface area contributed by atoms with Gasteiger partial charge < -0.3 is 15.5 Å². The van der Waals surface area contributed by atoms with E-state index >= 15 is 0 Å². The van der Waals surface area contributed by atoms with Gasteiger partial charge >= 0.3 is 0 Å². The summed E-state index contributed by atoms with van der Waals surface area (Å²) in [5, 5.41) is 6.24. The number of amides is 1. The summed E-state index contributed by atoms with van der Waals surface area (Å²) in [5.41, 5.74) is 4.61. The third-order valence-corrected chi connectivity index (χ3v) is 4.51. The third-order valence-electron chi connectivity index (χ3n) is 4.51. The highest BCUT2D eigenvalue weighted by molar-refractivity contribution is 6.04. The van der Waals surface area contributed by atoms with Gasteiger partial charge in [0, 0.05) is 37.4 Å². The molecule has 3 rings (SSSR count). The molecule has 2 aromatic carbocycles. The molecule has 2 N–H and O–H groups in total. The van der Waals surface area contributed by atoms with Crippen LogP contribution in [0.3, 0.4) is 0 Å². The first-order valence-corrected chi connectivity index (χ1v) is 9.35. The van der Waals surface area contributed by atoms with E-state index in [-0.39, 0.29) is 5.91 Å². The highest BCUT2D eigenvalue weighted by Crippen LogP contribution is 2.26. The van der Waals surface area contributed by atoms with E-state index in [0.717, 1.165) is 17.1 Å². The first kappa shape index (κ1) is 19.4. The number of carbonyl (C=O) groups excluding carboxylic acids is 1. The van der Waals surface area contributed by atoms with E-state index in [1.165, 1.54) is 5.56 Å². The minimum atomic E-state index is -0.181. The quantitative estimate of drug-likeness (QED) is 0.617. The largest absolute Gasteiger partial charge is 0.378 e. The Labute approximate surface area is 166 Å². The Morgan fingerprint density at radius 2 is 1.68 bits per heavy atom. The molecule has 1 heterocycles. The molecular formula is C23H26N4O. The van der Waals surface area contributed by atoms with Crippen LogP contribution < -0.4 is 15.5 Å². The van der Waals surface area contributed by atoms with Crippen LogP contribution in [0.1, 0.15) is 35.7 Å². The number of aromatic nitrogens is 1. The van der Waals surface area contributed by atoms with Gasteiger partial charge in [-0.15, -0.1) is 0 Å². The molecule has 144 valence electrons. The average molecular weight is 374 g/mol. The molecule has 28 heavy (non-hydrogen) atoms. The van der Waals surface area contributed by atoms with E-state index in [1.807, 2.05) is 67.5 Å². The Balaban J connectivity index is 1.68. The van der Waals surface area contributed by atoms with E-state index in [4.69, 9.17) is 0 Å². The maximum Gasteiger partial charge on any atom is 0.257 e. The molecule has 5 nitrogen and oxygen atoms in total. The van der Waals surface area contributed by atoms with Gasteiger partial charge in [0.05, 0.1) is 5.56 Å². The highest BCUT2D eigenvalue weighted by Gasteiger charge is 2.09. The molecule has 0 saturated heterocycles. The van der Waals surface area contributed by atoms with Gasteiger partial charge in [-0.3, -0.25) is 4.79 Å². The van der Waals surface area contributed by atoms with E-state index in [1.54, 1.807) is 12.3 Å². The Kier molecular flexibility index (Phi) is 5.94. The first-order valence-electron chi connectivity index (χ1n) is 9.35. The molecular weight excluding hydrogens is 348 g/mol. The summed E-state index contributed by atoms with van der Waals surface area (Å²) in [6, 6.07) is 19.5. The molecule has 0 saturated carbocycles. The summed E-state index contributed by atoms with van der Waals surface area (Å²) < 4.78 is 0. The van der Waals surface area contributed by atoms with Crippen molar-refractivity contribution in [3.05, 3.63) is 78.0 Å². The standard InChI is InChI=1S/C23H26N4O/c1-16(2)20-7-5-6-8-21(20)26-22-14-9-17(15-24-22)23(28)25-18-10-12-19(13-11-18)27(3)4/h5-16H,1-4H3,(H,24,26)(H,25,28). The lowest BCUT2D eigenvalue weighted by atomic mass is 10.0. The van der Waals surface area contributed by atoms with Crippen LogP contribution in [0.2, 0.25) is 0 Å². The third kappa shape index (κ3) is 4.68. The molecule has 0 unspecified atom stereocenters. The van der Waals surface area contributed by atoms with Crippen molar-refractivity contribution in [2.75, 3.05) is 29.6 Å². The molecule has 3 aromatic rings. The van der Waals surface area contributed by atoms with Gasteiger partial charge in [-0.1, -0.05) is 32.0 Å². The zero-order chi connectivity index (χ0) is 20.1. The number of nitrogens with zero attached hydrogens (tertiary/aromatic N) is 2. The smallest absolute Gasteiger partial charge is 0.257 e. The Morgan fingerprint density at radius 1 is 0.964 bits per heavy atom. The van der Waals surface area contributed by atoms with Gasteiger partial charge in [0.1, 0.15) is 5.82 Å². The topological polar surface area (TPSA) is 57.3 Å². The van der Waals surface area contributed by atoms with Crippen LogP contribution in [0.4, 0.5) is 22.9 Å².